The van der Waals surface area contributed by atoms with Gasteiger partial charge in [0.1, 0.15) is 5.60 Å². The van der Waals surface area contributed by atoms with E-state index in [0.29, 0.717) is 12.6 Å². The van der Waals surface area contributed by atoms with Crippen molar-refractivity contribution in [1.29, 1.82) is 0 Å². The molecular weight excluding hydrogens is 378 g/mol. The number of piperidine rings is 1. The summed E-state index contributed by atoms with van der Waals surface area (Å²) in [6.07, 6.45) is 2.25. The first-order valence-electron chi connectivity index (χ1n) is 11.1. The minimum atomic E-state index is -0.969. The molecule has 164 valence electrons. The fraction of sp³-hybridized carbons (Fsp3) is 0.625. The van der Waals surface area contributed by atoms with Crippen LogP contribution in [-0.4, -0.2) is 83.4 Å². The number of carbonyl (C=O) groups is 1. The van der Waals surface area contributed by atoms with Crippen LogP contribution in [0, 0.1) is 11.8 Å². The van der Waals surface area contributed by atoms with Crippen molar-refractivity contribution in [2.75, 3.05) is 45.9 Å². The second kappa shape index (κ2) is 10.3. The van der Waals surface area contributed by atoms with Crippen LogP contribution in [0.1, 0.15) is 44.7 Å². The van der Waals surface area contributed by atoms with Gasteiger partial charge in [-0.25, -0.2) is 4.79 Å². The third kappa shape index (κ3) is 6.73. The van der Waals surface area contributed by atoms with Crippen molar-refractivity contribution in [2.24, 2.45) is 0 Å². The molecule has 2 fully saturated rings. The SMILES string of the molecule is CCOC(=O)N1CCN(C2CCCN(Cc3ccc(C#CC(C)(C)O)cc3)C2)CC1. The number of carbonyl (C=O) groups excluding carboxylic acids is 1. The molecule has 1 atom stereocenters. The van der Waals surface area contributed by atoms with Gasteiger partial charge in [-0.3, -0.25) is 9.80 Å². The van der Waals surface area contributed by atoms with Crippen LogP contribution in [0.25, 0.3) is 0 Å². The number of amides is 1. The van der Waals surface area contributed by atoms with E-state index in [1.54, 1.807) is 13.8 Å². The normalized spacial score (nSPS) is 21.1. The monoisotopic (exact) mass is 413 g/mol. The summed E-state index contributed by atoms with van der Waals surface area (Å²) in [4.78, 5) is 18.8. The van der Waals surface area contributed by atoms with Gasteiger partial charge in [0.2, 0.25) is 0 Å². The lowest BCUT2D eigenvalue weighted by atomic mass is 10.0. The van der Waals surface area contributed by atoms with Crippen molar-refractivity contribution < 1.29 is 14.6 Å². The van der Waals surface area contributed by atoms with Crippen molar-refractivity contribution in [3.63, 3.8) is 0 Å². The van der Waals surface area contributed by atoms with Gasteiger partial charge in [0.25, 0.3) is 0 Å². The number of nitrogens with zero attached hydrogens (tertiary/aromatic N) is 3. The molecule has 3 rings (SSSR count). The molecule has 2 saturated heterocycles. The molecule has 1 aromatic rings. The van der Waals surface area contributed by atoms with E-state index >= 15 is 0 Å². The highest BCUT2D eigenvalue weighted by Gasteiger charge is 2.29. The number of ether oxygens (including phenoxy) is 1. The van der Waals surface area contributed by atoms with Gasteiger partial charge in [-0.05, 0) is 57.9 Å². The summed E-state index contributed by atoms with van der Waals surface area (Å²) in [7, 11) is 0. The highest BCUT2D eigenvalue weighted by molar-refractivity contribution is 5.67. The Balaban J connectivity index is 1.49. The van der Waals surface area contributed by atoms with Crippen molar-refractivity contribution in [1.82, 2.24) is 14.7 Å². The van der Waals surface area contributed by atoms with Crippen molar-refractivity contribution in [3.8, 4) is 11.8 Å². The third-order valence-electron chi connectivity index (χ3n) is 5.71. The Morgan fingerprint density at radius 2 is 1.87 bits per heavy atom. The second-order valence-corrected chi connectivity index (χ2v) is 8.76. The van der Waals surface area contributed by atoms with Gasteiger partial charge in [-0.2, -0.15) is 0 Å². The van der Waals surface area contributed by atoms with E-state index in [4.69, 9.17) is 4.74 Å². The molecular formula is C24H35N3O3. The molecule has 6 nitrogen and oxygen atoms in total. The summed E-state index contributed by atoms with van der Waals surface area (Å²) < 4.78 is 5.13. The largest absolute Gasteiger partial charge is 0.450 e. The first-order valence-corrected chi connectivity index (χ1v) is 11.1. The van der Waals surface area contributed by atoms with E-state index in [1.165, 1.54) is 18.4 Å². The van der Waals surface area contributed by atoms with Gasteiger partial charge in [0.05, 0.1) is 6.61 Å². The third-order valence-corrected chi connectivity index (χ3v) is 5.71. The van der Waals surface area contributed by atoms with Gasteiger partial charge < -0.3 is 14.7 Å². The fourth-order valence-corrected chi connectivity index (χ4v) is 4.13. The lowest BCUT2D eigenvalue weighted by Crippen LogP contribution is -2.55. The first-order chi connectivity index (χ1) is 14.3. The van der Waals surface area contributed by atoms with Crippen molar-refractivity contribution >= 4 is 6.09 Å². The Bertz CT molecular complexity index is 753. The van der Waals surface area contributed by atoms with Crippen LogP contribution in [0.2, 0.25) is 0 Å². The van der Waals surface area contributed by atoms with E-state index in [0.717, 1.165) is 51.4 Å². The molecule has 1 N–H and O–H groups in total. The molecule has 30 heavy (non-hydrogen) atoms. The molecule has 0 saturated carbocycles. The smallest absolute Gasteiger partial charge is 0.409 e. The van der Waals surface area contributed by atoms with Gasteiger partial charge in [-0.15, -0.1) is 0 Å². The summed E-state index contributed by atoms with van der Waals surface area (Å²) in [5.74, 6) is 5.88. The van der Waals surface area contributed by atoms with E-state index < -0.39 is 5.60 Å². The average Bonchev–Trinajstić information content (AvgIpc) is 2.73. The topological polar surface area (TPSA) is 56.2 Å². The molecule has 2 heterocycles. The van der Waals surface area contributed by atoms with Crippen LogP contribution in [0.15, 0.2) is 24.3 Å². The first kappa shape index (κ1) is 22.6. The molecule has 6 heteroatoms. The number of hydrogen-bond acceptors (Lipinski definition) is 5. The predicted octanol–water partition coefficient (Wildman–Crippen LogP) is 2.55. The quantitative estimate of drug-likeness (QED) is 0.769. The van der Waals surface area contributed by atoms with E-state index in [1.807, 2.05) is 24.0 Å². The molecule has 0 radical (unpaired) electrons. The van der Waals surface area contributed by atoms with Crippen LogP contribution in [0.5, 0.6) is 0 Å². The van der Waals surface area contributed by atoms with E-state index in [9.17, 15) is 9.90 Å². The van der Waals surface area contributed by atoms with Crippen LogP contribution < -0.4 is 0 Å². The van der Waals surface area contributed by atoms with Crippen LogP contribution in [0.4, 0.5) is 4.79 Å². The zero-order valence-corrected chi connectivity index (χ0v) is 18.6. The summed E-state index contributed by atoms with van der Waals surface area (Å²) in [6.45, 7) is 12.2. The number of rotatable bonds is 4. The molecule has 0 aromatic heterocycles. The maximum atomic E-state index is 11.9. The number of benzene rings is 1. The lowest BCUT2D eigenvalue weighted by molar-refractivity contribution is 0.0412. The molecule has 0 spiro atoms. The van der Waals surface area contributed by atoms with Crippen LogP contribution in [0.3, 0.4) is 0 Å². The van der Waals surface area contributed by atoms with Gasteiger partial charge >= 0.3 is 6.09 Å². The minimum Gasteiger partial charge on any atom is -0.450 e. The second-order valence-electron chi connectivity index (χ2n) is 8.76. The van der Waals surface area contributed by atoms with Gasteiger partial charge in [-0.1, -0.05) is 24.0 Å². The van der Waals surface area contributed by atoms with Crippen LogP contribution >= 0.6 is 0 Å². The maximum Gasteiger partial charge on any atom is 0.409 e. The van der Waals surface area contributed by atoms with Crippen molar-refractivity contribution in [3.05, 3.63) is 35.4 Å². The Morgan fingerprint density at radius 3 is 2.50 bits per heavy atom. The summed E-state index contributed by atoms with van der Waals surface area (Å²) >= 11 is 0. The summed E-state index contributed by atoms with van der Waals surface area (Å²) in [5.41, 5.74) is 1.25. The molecule has 2 aliphatic heterocycles. The molecule has 0 aliphatic carbocycles. The number of hydrogen-bond donors (Lipinski definition) is 1. The summed E-state index contributed by atoms with van der Waals surface area (Å²) in [6, 6.07) is 8.89. The number of piperazine rings is 1. The fourth-order valence-electron chi connectivity index (χ4n) is 4.13. The van der Waals surface area contributed by atoms with Gasteiger partial charge in [0.15, 0.2) is 0 Å². The number of aliphatic hydroxyl groups is 1. The maximum absolute atomic E-state index is 11.9. The Kier molecular flexibility index (Phi) is 7.76. The molecule has 1 amide bonds. The zero-order valence-electron chi connectivity index (χ0n) is 18.6. The highest BCUT2D eigenvalue weighted by Crippen LogP contribution is 2.20. The average molecular weight is 414 g/mol. The number of likely N-dealkylation sites (tertiary alicyclic amines) is 1. The Morgan fingerprint density at radius 1 is 1.17 bits per heavy atom. The predicted molar refractivity (Wildman–Crippen MR) is 118 cm³/mol. The Labute approximate surface area is 180 Å². The molecule has 0 bridgehead atoms. The summed E-state index contributed by atoms with van der Waals surface area (Å²) in [5, 5.41) is 9.74. The highest BCUT2D eigenvalue weighted by atomic mass is 16.6. The zero-order chi connectivity index (χ0) is 21.6. The minimum absolute atomic E-state index is 0.182. The standard InChI is InChI=1S/C24H35N3O3/c1-4-30-23(28)27-16-14-26(15-17-27)22-6-5-13-25(19-22)18-21-9-7-20(8-10-21)11-12-24(2,3)29/h7-10,22,29H,4-6,13-19H2,1-3H3. The van der Waals surface area contributed by atoms with Gasteiger partial charge in [0, 0.05) is 50.9 Å². The lowest BCUT2D eigenvalue weighted by Gasteiger charge is -2.43. The molecule has 1 unspecified atom stereocenters. The molecule has 1 aromatic carbocycles. The van der Waals surface area contributed by atoms with E-state index in [-0.39, 0.29) is 6.09 Å². The van der Waals surface area contributed by atoms with Crippen LogP contribution in [-0.2, 0) is 11.3 Å². The Hall–Kier alpha value is -2.07. The van der Waals surface area contributed by atoms with E-state index in [2.05, 4.69) is 33.8 Å². The molecule has 2 aliphatic rings. The van der Waals surface area contributed by atoms with Crippen molar-refractivity contribution in [2.45, 2.75) is 51.8 Å².